The van der Waals surface area contributed by atoms with Crippen LogP contribution in [0.3, 0.4) is 0 Å². The van der Waals surface area contributed by atoms with Crippen LogP contribution >= 0.6 is 0 Å². The molecule has 0 saturated carbocycles. The normalized spacial score (nSPS) is 10.7. The molecule has 1 heteroatoms. The molecule has 0 fully saturated rings. The third-order valence-corrected chi connectivity index (χ3v) is 2.58. The number of phenolic OH excluding ortho intramolecular Hbond substituents is 1. The quantitative estimate of drug-likeness (QED) is 0.723. The molecule has 14 heavy (non-hydrogen) atoms. The summed E-state index contributed by atoms with van der Waals surface area (Å²) in [4.78, 5) is 0. The van der Waals surface area contributed by atoms with Crippen LogP contribution in [0, 0.1) is 6.92 Å². The van der Waals surface area contributed by atoms with Gasteiger partial charge in [-0.3, -0.25) is 0 Å². The first kappa shape index (κ1) is 9.07. The average molecular weight is 186 g/mol. The summed E-state index contributed by atoms with van der Waals surface area (Å²) >= 11 is 0. The highest BCUT2D eigenvalue weighted by molar-refractivity contribution is 5.91. The van der Waals surface area contributed by atoms with Crippen molar-refractivity contribution in [3.8, 4) is 5.75 Å². The van der Waals surface area contributed by atoms with E-state index in [1.165, 1.54) is 11.1 Å². The number of benzene rings is 2. The van der Waals surface area contributed by atoms with Gasteiger partial charge in [0.25, 0.3) is 0 Å². The van der Waals surface area contributed by atoms with Gasteiger partial charge in [0, 0.05) is 5.39 Å². The molecule has 1 N–H and O–H groups in total. The third-order valence-electron chi connectivity index (χ3n) is 2.58. The van der Waals surface area contributed by atoms with Crippen molar-refractivity contribution in [1.82, 2.24) is 0 Å². The third kappa shape index (κ3) is 1.35. The summed E-state index contributed by atoms with van der Waals surface area (Å²) in [5, 5.41) is 11.8. The van der Waals surface area contributed by atoms with E-state index in [2.05, 4.69) is 26.0 Å². The van der Waals surface area contributed by atoms with Gasteiger partial charge in [0.05, 0.1) is 0 Å². The Balaban J connectivity index is 2.87. The zero-order valence-corrected chi connectivity index (χ0v) is 8.54. The van der Waals surface area contributed by atoms with Crippen molar-refractivity contribution in [3.05, 3.63) is 41.5 Å². The van der Waals surface area contributed by atoms with Gasteiger partial charge in [-0.05, 0) is 36.4 Å². The fourth-order valence-corrected chi connectivity index (χ4v) is 1.90. The number of fused-ring (bicyclic) bond motifs is 1. The van der Waals surface area contributed by atoms with Crippen LogP contribution in [0.5, 0.6) is 5.75 Å². The van der Waals surface area contributed by atoms with E-state index in [9.17, 15) is 5.11 Å². The maximum Gasteiger partial charge on any atom is 0.123 e. The largest absolute Gasteiger partial charge is 0.507 e. The molecule has 0 aromatic heterocycles. The fourth-order valence-electron chi connectivity index (χ4n) is 1.90. The monoisotopic (exact) mass is 186 g/mol. The lowest BCUT2D eigenvalue weighted by Crippen LogP contribution is -1.86. The van der Waals surface area contributed by atoms with Crippen molar-refractivity contribution in [2.75, 3.05) is 0 Å². The van der Waals surface area contributed by atoms with Gasteiger partial charge in [-0.2, -0.15) is 0 Å². The topological polar surface area (TPSA) is 20.2 Å². The molecule has 0 amide bonds. The van der Waals surface area contributed by atoms with Gasteiger partial charge in [0.2, 0.25) is 0 Å². The lowest BCUT2D eigenvalue weighted by Gasteiger charge is -2.07. The molecule has 2 aromatic rings. The highest BCUT2D eigenvalue weighted by Crippen LogP contribution is 2.28. The van der Waals surface area contributed by atoms with E-state index < -0.39 is 0 Å². The molecule has 0 unspecified atom stereocenters. The maximum absolute atomic E-state index is 9.72. The molecule has 0 spiro atoms. The Bertz CT molecular complexity index is 472. The Morgan fingerprint density at radius 2 is 1.93 bits per heavy atom. The molecule has 2 aromatic carbocycles. The summed E-state index contributed by atoms with van der Waals surface area (Å²) in [6, 6.07) is 9.91. The van der Waals surface area contributed by atoms with E-state index in [1.807, 2.05) is 12.1 Å². The Morgan fingerprint density at radius 1 is 1.14 bits per heavy atom. The number of hydrogen-bond acceptors (Lipinski definition) is 1. The minimum atomic E-state index is 0.376. The van der Waals surface area contributed by atoms with Crippen molar-refractivity contribution < 1.29 is 5.11 Å². The molecule has 0 bridgehead atoms. The van der Waals surface area contributed by atoms with Crippen LogP contribution in [-0.4, -0.2) is 5.11 Å². The summed E-state index contributed by atoms with van der Waals surface area (Å²) in [7, 11) is 0. The molecule has 1 nitrogen and oxygen atoms in total. The van der Waals surface area contributed by atoms with Crippen LogP contribution in [0.25, 0.3) is 10.8 Å². The van der Waals surface area contributed by atoms with Crippen LogP contribution in [0.2, 0.25) is 0 Å². The van der Waals surface area contributed by atoms with Crippen molar-refractivity contribution >= 4 is 10.8 Å². The Morgan fingerprint density at radius 3 is 2.64 bits per heavy atom. The van der Waals surface area contributed by atoms with Crippen LogP contribution < -0.4 is 0 Å². The molecule has 0 aliphatic carbocycles. The summed E-state index contributed by atoms with van der Waals surface area (Å²) in [6.45, 7) is 4.20. The van der Waals surface area contributed by atoms with Gasteiger partial charge in [0.15, 0.2) is 0 Å². The smallest absolute Gasteiger partial charge is 0.123 e. The van der Waals surface area contributed by atoms with E-state index in [-0.39, 0.29) is 0 Å². The molecule has 2 rings (SSSR count). The Labute approximate surface area is 84.0 Å². The molecule has 0 radical (unpaired) electrons. The standard InChI is InChI=1S/C13H14O/c1-3-10-7-9(2)8-12-11(10)5-4-6-13(12)14/h4-8,14H,3H2,1-2H3. The van der Waals surface area contributed by atoms with Gasteiger partial charge in [-0.15, -0.1) is 0 Å². The zero-order chi connectivity index (χ0) is 10.1. The van der Waals surface area contributed by atoms with Crippen molar-refractivity contribution in [2.45, 2.75) is 20.3 Å². The average Bonchev–Trinajstić information content (AvgIpc) is 2.18. The first-order valence-corrected chi connectivity index (χ1v) is 4.93. The van der Waals surface area contributed by atoms with Crippen molar-refractivity contribution in [2.24, 2.45) is 0 Å². The highest BCUT2D eigenvalue weighted by Gasteiger charge is 2.03. The second kappa shape index (κ2) is 3.33. The molecule has 0 heterocycles. The molecule has 0 saturated heterocycles. The minimum Gasteiger partial charge on any atom is -0.507 e. The summed E-state index contributed by atoms with van der Waals surface area (Å²) in [6.07, 6.45) is 1.00. The second-order valence-corrected chi connectivity index (χ2v) is 3.65. The van der Waals surface area contributed by atoms with Gasteiger partial charge in [0.1, 0.15) is 5.75 Å². The predicted molar refractivity (Wildman–Crippen MR) is 59.7 cm³/mol. The van der Waals surface area contributed by atoms with E-state index in [1.54, 1.807) is 6.07 Å². The Kier molecular flexibility index (Phi) is 2.16. The molecule has 72 valence electrons. The number of rotatable bonds is 1. The van der Waals surface area contributed by atoms with Crippen molar-refractivity contribution in [3.63, 3.8) is 0 Å². The van der Waals surface area contributed by atoms with E-state index in [4.69, 9.17) is 0 Å². The number of aryl methyl sites for hydroxylation is 2. The molecule has 0 aliphatic rings. The van der Waals surface area contributed by atoms with Crippen molar-refractivity contribution in [1.29, 1.82) is 0 Å². The fraction of sp³-hybridized carbons (Fsp3) is 0.231. The maximum atomic E-state index is 9.72. The van der Waals surface area contributed by atoms with E-state index in [0.29, 0.717) is 5.75 Å². The van der Waals surface area contributed by atoms with Gasteiger partial charge >= 0.3 is 0 Å². The Hall–Kier alpha value is -1.50. The predicted octanol–water partition coefficient (Wildman–Crippen LogP) is 3.42. The lowest BCUT2D eigenvalue weighted by molar-refractivity contribution is 0.481. The highest BCUT2D eigenvalue weighted by atomic mass is 16.3. The zero-order valence-electron chi connectivity index (χ0n) is 8.54. The molecular weight excluding hydrogens is 172 g/mol. The molecular formula is C13H14O. The second-order valence-electron chi connectivity index (χ2n) is 3.65. The summed E-state index contributed by atoms with van der Waals surface area (Å²) in [5.74, 6) is 0.376. The summed E-state index contributed by atoms with van der Waals surface area (Å²) < 4.78 is 0. The number of phenols is 1. The molecule has 0 atom stereocenters. The van der Waals surface area contributed by atoms with Gasteiger partial charge < -0.3 is 5.11 Å². The lowest BCUT2D eigenvalue weighted by atomic mass is 9.99. The SMILES string of the molecule is CCc1cc(C)cc2c(O)cccc12. The van der Waals surface area contributed by atoms with Crippen LogP contribution in [-0.2, 0) is 6.42 Å². The van der Waals surface area contributed by atoms with E-state index >= 15 is 0 Å². The van der Waals surface area contributed by atoms with Gasteiger partial charge in [-0.1, -0.05) is 30.7 Å². The number of hydrogen-bond donors (Lipinski definition) is 1. The van der Waals surface area contributed by atoms with E-state index in [0.717, 1.165) is 17.2 Å². The first-order valence-electron chi connectivity index (χ1n) is 4.93. The molecule has 0 aliphatic heterocycles. The van der Waals surface area contributed by atoms with Crippen LogP contribution in [0.1, 0.15) is 18.1 Å². The number of aromatic hydroxyl groups is 1. The van der Waals surface area contributed by atoms with Crippen LogP contribution in [0.15, 0.2) is 30.3 Å². The first-order chi connectivity index (χ1) is 6.72. The minimum absolute atomic E-state index is 0.376. The van der Waals surface area contributed by atoms with Crippen LogP contribution in [0.4, 0.5) is 0 Å². The van der Waals surface area contributed by atoms with Gasteiger partial charge in [-0.25, -0.2) is 0 Å². The summed E-state index contributed by atoms with van der Waals surface area (Å²) in [5.41, 5.74) is 2.51.